The Bertz CT molecular complexity index is 682. The summed E-state index contributed by atoms with van der Waals surface area (Å²) in [5, 5.41) is 18.2. The smallest absolute Gasteiger partial charge is 0.128 e. The number of allylic oxidation sites excluding steroid dienone is 1. The second-order valence-electron chi connectivity index (χ2n) is 5.37. The van der Waals surface area contributed by atoms with Crippen molar-refractivity contribution >= 4 is 11.6 Å². The van der Waals surface area contributed by atoms with Crippen LogP contribution < -0.4 is 4.74 Å². The summed E-state index contributed by atoms with van der Waals surface area (Å²) in [6.45, 7) is 3.71. The highest BCUT2D eigenvalue weighted by molar-refractivity contribution is 5.64. The number of aliphatic hydroxyl groups is 2. The van der Waals surface area contributed by atoms with Crippen molar-refractivity contribution in [3.63, 3.8) is 0 Å². The van der Waals surface area contributed by atoms with E-state index in [1.165, 1.54) is 0 Å². The minimum Gasteiger partial charge on any atom is -0.457 e. The van der Waals surface area contributed by atoms with E-state index in [0.717, 1.165) is 28.2 Å². The summed E-state index contributed by atoms with van der Waals surface area (Å²) in [6.07, 6.45) is 4.89. The van der Waals surface area contributed by atoms with Crippen LogP contribution in [0.2, 0.25) is 0 Å². The molecule has 0 aliphatic rings. The van der Waals surface area contributed by atoms with Crippen molar-refractivity contribution in [3.8, 4) is 11.5 Å². The van der Waals surface area contributed by atoms with E-state index in [2.05, 4.69) is 0 Å². The normalized spacial score (nSPS) is 13.3. The first kappa shape index (κ1) is 17.0. The van der Waals surface area contributed by atoms with E-state index in [1.54, 1.807) is 19.1 Å². The Balaban J connectivity index is 2.10. The lowest BCUT2D eigenvalue weighted by Crippen LogP contribution is -1.91. The van der Waals surface area contributed by atoms with Crippen LogP contribution in [0.15, 0.2) is 60.7 Å². The summed E-state index contributed by atoms with van der Waals surface area (Å²) in [4.78, 5) is 0. The van der Waals surface area contributed by atoms with E-state index in [-0.39, 0.29) is 6.61 Å². The zero-order chi connectivity index (χ0) is 16.7. The topological polar surface area (TPSA) is 49.7 Å². The number of hydrogen-bond donors (Lipinski definition) is 2. The third-order valence-electron chi connectivity index (χ3n) is 3.37. The van der Waals surface area contributed by atoms with Gasteiger partial charge in [-0.15, -0.1) is 0 Å². The van der Waals surface area contributed by atoms with Gasteiger partial charge in [0.2, 0.25) is 0 Å². The van der Waals surface area contributed by atoms with Gasteiger partial charge in [-0.1, -0.05) is 42.5 Å². The van der Waals surface area contributed by atoms with Crippen molar-refractivity contribution in [2.45, 2.75) is 20.0 Å². The fourth-order valence-electron chi connectivity index (χ4n) is 2.11. The van der Waals surface area contributed by atoms with Crippen molar-refractivity contribution in [3.05, 3.63) is 71.8 Å². The monoisotopic (exact) mass is 310 g/mol. The summed E-state index contributed by atoms with van der Waals surface area (Å²) in [5.74, 6) is 1.50. The molecular weight excluding hydrogens is 288 g/mol. The first-order valence-electron chi connectivity index (χ1n) is 7.61. The summed E-state index contributed by atoms with van der Waals surface area (Å²) in [6, 6.07) is 15.4. The van der Waals surface area contributed by atoms with Gasteiger partial charge in [-0.3, -0.25) is 0 Å². The molecule has 0 bridgehead atoms. The van der Waals surface area contributed by atoms with Crippen LogP contribution in [0, 0.1) is 0 Å². The fourth-order valence-corrected chi connectivity index (χ4v) is 2.11. The van der Waals surface area contributed by atoms with Gasteiger partial charge in [-0.25, -0.2) is 0 Å². The lowest BCUT2D eigenvalue weighted by Gasteiger charge is -2.08. The number of hydrogen-bond acceptors (Lipinski definition) is 3. The quantitative estimate of drug-likeness (QED) is 0.838. The molecule has 0 aromatic heterocycles. The Morgan fingerprint density at radius 3 is 2.52 bits per heavy atom. The third kappa shape index (κ3) is 5.40. The molecule has 2 aromatic carbocycles. The average molecular weight is 310 g/mol. The van der Waals surface area contributed by atoms with Gasteiger partial charge in [0.1, 0.15) is 11.5 Å². The Hall–Kier alpha value is -2.36. The maximum absolute atomic E-state index is 9.29. The highest BCUT2D eigenvalue weighted by atomic mass is 16.5. The molecule has 2 aromatic rings. The maximum atomic E-state index is 9.29. The zero-order valence-electron chi connectivity index (χ0n) is 13.4. The van der Waals surface area contributed by atoms with Gasteiger partial charge in [-0.2, -0.15) is 0 Å². The second kappa shape index (κ2) is 8.32. The fraction of sp³-hybridized carbons (Fsp3) is 0.200. The lowest BCUT2D eigenvalue weighted by atomic mass is 10.1. The Labute approximate surface area is 137 Å². The minimum absolute atomic E-state index is 0.0385. The molecule has 0 saturated carbocycles. The van der Waals surface area contributed by atoms with Crippen LogP contribution in [0.25, 0.3) is 11.6 Å². The molecule has 0 aliphatic heterocycles. The minimum atomic E-state index is -0.470. The van der Waals surface area contributed by atoms with Gasteiger partial charge in [-0.05, 0) is 54.8 Å². The first-order chi connectivity index (χ1) is 11.1. The number of aliphatic hydroxyl groups excluding tert-OH is 2. The molecule has 0 aliphatic carbocycles. The van der Waals surface area contributed by atoms with Crippen LogP contribution in [0.3, 0.4) is 0 Å². The van der Waals surface area contributed by atoms with Crippen LogP contribution in [0.4, 0.5) is 0 Å². The largest absolute Gasteiger partial charge is 0.457 e. The summed E-state index contributed by atoms with van der Waals surface area (Å²) < 4.78 is 5.86. The van der Waals surface area contributed by atoms with Gasteiger partial charge in [0.05, 0.1) is 12.7 Å². The number of ether oxygens (including phenoxy) is 1. The highest BCUT2D eigenvalue weighted by Crippen LogP contribution is 2.24. The molecule has 0 spiro atoms. The molecule has 0 saturated heterocycles. The molecule has 2 N–H and O–H groups in total. The average Bonchev–Trinajstić information content (AvgIpc) is 2.54. The Morgan fingerprint density at radius 2 is 1.87 bits per heavy atom. The summed E-state index contributed by atoms with van der Waals surface area (Å²) in [5.41, 5.74) is 3.06. The molecule has 1 atom stereocenters. The predicted molar refractivity (Wildman–Crippen MR) is 94.4 cm³/mol. The van der Waals surface area contributed by atoms with E-state index in [0.29, 0.717) is 0 Å². The SMILES string of the molecule is CC(=CCO)c1ccc(Oc2cccc(C=CC(C)O)c2)cc1. The molecule has 0 amide bonds. The molecule has 3 heteroatoms. The van der Waals surface area contributed by atoms with Gasteiger partial charge < -0.3 is 14.9 Å². The predicted octanol–water partition coefficient (Wildman–Crippen LogP) is 4.27. The van der Waals surface area contributed by atoms with Crippen LogP contribution in [0.1, 0.15) is 25.0 Å². The van der Waals surface area contributed by atoms with Gasteiger partial charge >= 0.3 is 0 Å². The maximum Gasteiger partial charge on any atom is 0.128 e. The number of rotatable bonds is 6. The van der Waals surface area contributed by atoms with Crippen molar-refractivity contribution in [2.24, 2.45) is 0 Å². The molecule has 2 rings (SSSR count). The molecular formula is C20H22O3. The van der Waals surface area contributed by atoms with Crippen LogP contribution in [-0.4, -0.2) is 22.9 Å². The molecule has 1 unspecified atom stereocenters. The van der Waals surface area contributed by atoms with Crippen LogP contribution in [0.5, 0.6) is 11.5 Å². The van der Waals surface area contributed by atoms with Crippen LogP contribution in [-0.2, 0) is 0 Å². The third-order valence-corrected chi connectivity index (χ3v) is 3.37. The molecule has 0 heterocycles. The Kier molecular flexibility index (Phi) is 6.15. The van der Waals surface area contributed by atoms with Crippen molar-refractivity contribution in [1.82, 2.24) is 0 Å². The lowest BCUT2D eigenvalue weighted by molar-refractivity contribution is 0.245. The van der Waals surface area contributed by atoms with Gasteiger partial charge in [0.15, 0.2) is 0 Å². The van der Waals surface area contributed by atoms with E-state index in [4.69, 9.17) is 9.84 Å². The molecule has 23 heavy (non-hydrogen) atoms. The van der Waals surface area contributed by atoms with Crippen molar-refractivity contribution in [1.29, 1.82) is 0 Å². The van der Waals surface area contributed by atoms with E-state index >= 15 is 0 Å². The van der Waals surface area contributed by atoms with Crippen molar-refractivity contribution in [2.75, 3.05) is 6.61 Å². The van der Waals surface area contributed by atoms with Crippen LogP contribution >= 0.6 is 0 Å². The first-order valence-corrected chi connectivity index (χ1v) is 7.61. The Morgan fingerprint density at radius 1 is 1.13 bits per heavy atom. The van der Waals surface area contributed by atoms with E-state index in [1.807, 2.05) is 61.5 Å². The zero-order valence-corrected chi connectivity index (χ0v) is 13.4. The molecule has 0 fully saturated rings. The standard InChI is InChI=1S/C20H22O3/c1-15(12-13-21)18-8-10-19(11-9-18)23-20-5-3-4-17(14-20)7-6-16(2)22/h3-12,14,16,21-22H,13H2,1-2H3. The molecule has 0 radical (unpaired) electrons. The highest BCUT2D eigenvalue weighted by Gasteiger charge is 2.00. The molecule has 120 valence electrons. The van der Waals surface area contributed by atoms with E-state index in [9.17, 15) is 5.11 Å². The summed E-state index contributed by atoms with van der Waals surface area (Å²) >= 11 is 0. The summed E-state index contributed by atoms with van der Waals surface area (Å²) in [7, 11) is 0. The van der Waals surface area contributed by atoms with Gasteiger partial charge in [0.25, 0.3) is 0 Å². The second-order valence-corrected chi connectivity index (χ2v) is 5.37. The van der Waals surface area contributed by atoms with Gasteiger partial charge in [0, 0.05) is 0 Å². The van der Waals surface area contributed by atoms with Crippen molar-refractivity contribution < 1.29 is 14.9 Å². The van der Waals surface area contributed by atoms with E-state index < -0.39 is 6.10 Å². The molecule has 3 nitrogen and oxygen atoms in total. The number of benzene rings is 2.